The van der Waals surface area contributed by atoms with Crippen LogP contribution in [0.25, 0.3) is 0 Å². The number of nitrogens with two attached hydrogens (primary N) is 1. The van der Waals surface area contributed by atoms with Crippen LogP contribution >= 0.6 is 0 Å². The van der Waals surface area contributed by atoms with Crippen LogP contribution in [0, 0.1) is 0 Å². The van der Waals surface area contributed by atoms with Gasteiger partial charge in [0.05, 0.1) is 17.6 Å². The van der Waals surface area contributed by atoms with Gasteiger partial charge in [0, 0.05) is 19.5 Å². The minimum Gasteiger partial charge on any atom is -0.469 e. The molecule has 0 saturated carbocycles. The molecule has 0 bridgehead atoms. The van der Waals surface area contributed by atoms with Crippen LogP contribution in [0.5, 0.6) is 0 Å². The first kappa shape index (κ1) is 15.2. The van der Waals surface area contributed by atoms with Crippen LogP contribution in [-0.4, -0.2) is 21.7 Å². The van der Waals surface area contributed by atoms with Crippen LogP contribution in [0.1, 0.15) is 42.2 Å². The summed E-state index contributed by atoms with van der Waals surface area (Å²) >= 11 is 0. The van der Waals surface area contributed by atoms with Crippen LogP contribution < -0.4 is 11.1 Å². The van der Waals surface area contributed by atoms with Gasteiger partial charge in [-0.2, -0.15) is 5.10 Å². The first-order chi connectivity index (χ1) is 10.0. The minimum absolute atomic E-state index is 0.0296. The third-order valence-corrected chi connectivity index (χ3v) is 3.49. The zero-order valence-corrected chi connectivity index (χ0v) is 12.7. The van der Waals surface area contributed by atoms with Crippen LogP contribution in [0.2, 0.25) is 0 Å². The number of carbonyl (C=O) groups excluding carboxylic acids is 1. The molecule has 0 aromatic carbocycles. The summed E-state index contributed by atoms with van der Waals surface area (Å²) in [6.07, 6.45) is 3.95. The lowest BCUT2D eigenvalue weighted by Gasteiger charge is -2.13. The molecular formula is C15H22N4O2. The Labute approximate surface area is 124 Å². The van der Waals surface area contributed by atoms with Crippen molar-refractivity contribution in [1.29, 1.82) is 0 Å². The quantitative estimate of drug-likeness (QED) is 0.851. The normalized spacial score (nSPS) is 12.3. The van der Waals surface area contributed by atoms with E-state index in [1.165, 1.54) is 0 Å². The predicted molar refractivity (Wildman–Crippen MR) is 81.0 cm³/mol. The van der Waals surface area contributed by atoms with Crippen molar-refractivity contribution < 1.29 is 9.21 Å². The van der Waals surface area contributed by atoms with E-state index in [0.717, 1.165) is 24.3 Å². The van der Waals surface area contributed by atoms with Gasteiger partial charge in [-0.25, -0.2) is 0 Å². The molecule has 6 heteroatoms. The number of hydrogen-bond donors (Lipinski definition) is 2. The molecule has 2 aromatic heterocycles. The summed E-state index contributed by atoms with van der Waals surface area (Å²) in [5.41, 5.74) is 7.63. The molecule has 0 aliphatic rings. The predicted octanol–water partition coefficient (Wildman–Crippen LogP) is 1.91. The Kier molecular flexibility index (Phi) is 4.67. The van der Waals surface area contributed by atoms with Gasteiger partial charge in [-0.3, -0.25) is 9.48 Å². The zero-order chi connectivity index (χ0) is 15.4. The molecule has 2 heterocycles. The number of nitrogen functional groups attached to an aromatic ring is 1. The summed E-state index contributed by atoms with van der Waals surface area (Å²) in [5, 5.41) is 7.22. The fraction of sp³-hybridized carbons (Fsp3) is 0.467. The van der Waals surface area contributed by atoms with Gasteiger partial charge in [-0.15, -0.1) is 0 Å². The molecule has 0 saturated heterocycles. The smallest absolute Gasteiger partial charge is 0.271 e. The van der Waals surface area contributed by atoms with E-state index in [0.29, 0.717) is 17.8 Å². The summed E-state index contributed by atoms with van der Waals surface area (Å²) < 4.78 is 6.83. The number of aryl methyl sites for hydroxylation is 3. The molecule has 0 fully saturated rings. The van der Waals surface area contributed by atoms with Gasteiger partial charge in [0.1, 0.15) is 11.5 Å². The van der Waals surface area contributed by atoms with Gasteiger partial charge < -0.3 is 15.5 Å². The lowest BCUT2D eigenvalue weighted by atomic mass is 10.1. The largest absolute Gasteiger partial charge is 0.469 e. The first-order valence-electron chi connectivity index (χ1n) is 7.17. The van der Waals surface area contributed by atoms with E-state index in [2.05, 4.69) is 10.4 Å². The average Bonchev–Trinajstić information content (AvgIpc) is 3.04. The second-order valence-electron chi connectivity index (χ2n) is 5.18. The van der Waals surface area contributed by atoms with E-state index >= 15 is 0 Å². The molecule has 3 N–H and O–H groups in total. The Hall–Kier alpha value is -2.24. The van der Waals surface area contributed by atoms with Crippen molar-refractivity contribution in [3.05, 3.63) is 35.5 Å². The third-order valence-electron chi connectivity index (χ3n) is 3.49. The Morgan fingerprint density at radius 3 is 2.90 bits per heavy atom. The molecule has 2 rings (SSSR count). The number of hydrogen-bond acceptors (Lipinski definition) is 4. The van der Waals surface area contributed by atoms with Crippen LogP contribution in [-0.2, 0) is 19.9 Å². The molecule has 1 amide bonds. The van der Waals surface area contributed by atoms with Gasteiger partial charge >= 0.3 is 0 Å². The molecule has 114 valence electrons. The summed E-state index contributed by atoms with van der Waals surface area (Å²) in [5.74, 6) is 0.735. The number of nitrogens with one attached hydrogen (secondary N) is 1. The van der Waals surface area contributed by atoms with Crippen molar-refractivity contribution in [2.24, 2.45) is 7.05 Å². The molecule has 0 aliphatic carbocycles. The van der Waals surface area contributed by atoms with E-state index < -0.39 is 0 Å². The molecule has 6 nitrogen and oxygen atoms in total. The van der Waals surface area contributed by atoms with Crippen LogP contribution in [0.15, 0.2) is 22.8 Å². The third kappa shape index (κ3) is 3.45. The number of rotatable bonds is 6. The maximum absolute atomic E-state index is 12.3. The molecule has 1 unspecified atom stereocenters. The highest BCUT2D eigenvalue weighted by Crippen LogP contribution is 2.17. The molecule has 21 heavy (non-hydrogen) atoms. The van der Waals surface area contributed by atoms with Crippen LogP contribution in [0.4, 0.5) is 5.69 Å². The zero-order valence-electron chi connectivity index (χ0n) is 12.7. The van der Waals surface area contributed by atoms with E-state index in [1.54, 1.807) is 18.0 Å². The van der Waals surface area contributed by atoms with Crippen molar-refractivity contribution in [2.75, 3.05) is 5.73 Å². The summed E-state index contributed by atoms with van der Waals surface area (Å²) in [6, 6.07) is 3.82. The molecule has 0 aliphatic heterocycles. The molecule has 0 spiro atoms. The Bertz CT molecular complexity index is 601. The van der Waals surface area contributed by atoms with Crippen LogP contribution in [0.3, 0.4) is 0 Å². The topological polar surface area (TPSA) is 86.1 Å². The molecular weight excluding hydrogens is 268 g/mol. The van der Waals surface area contributed by atoms with Gasteiger partial charge in [0.25, 0.3) is 5.91 Å². The van der Waals surface area contributed by atoms with Crippen molar-refractivity contribution in [3.8, 4) is 0 Å². The number of nitrogens with zero attached hydrogens (tertiary/aromatic N) is 2. The van der Waals surface area contributed by atoms with E-state index in [-0.39, 0.29) is 11.9 Å². The fourth-order valence-electron chi connectivity index (χ4n) is 2.30. The number of anilines is 1. The number of furan rings is 1. The lowest BCUT2D eigenvalue weighted by Crippen LogP contribution is -2.34. The average molecular weight is 290 g/mol. The van der Waals surface area contributed by atoms with Crippen molar-refractivity contribution in [3.63, 3.8) is 0 Å². The molecule has 2 aromatic rings. The lowest BCUT2D eigenvalue weighted by molar-refractivity contribution is 0.0929. The number of amides is 1. The van der Waals surface area contributed by atoms with Crippen molar-refractivity contribution in [2.45, 2.75) is 39.2 Å². The number of aromatic nitrogens is 2. The monoisotopic (exact) mass is 290 g/mol. The van der Waals surface area contributed by atoms with Gasteiger partial charge in [0.2, 0.25) is 0 Å². The SMILES string of the molecule is CCc1nn(C)c(C(=O)NC(C)CCc2ccco2)c1N. The maximum atomic E-state index is 12.3. The highest BCUT2D eigenvalue weighted by molar-refractivity contribution is 5.98. The van der Waals surface area contributed by atoms with E-state index in [9.17, 15) is 4.79 Å². The maximum Gasteiger partial charge on any atom is 0.271 e. The molecule has 1 atom stereocenters. The van der Waals surface area contributed by atoms with E-state index in [1.807, 2.05) is 26.0 Å². The van der Waals surface area contributed by atoms with Gasteiger partial charge in [-0.05, 0) is 31.9 Å². The minimum atomic E-state index is -0.186. The highest BCUT2D eigenvalue weighted by Gasteiger charge is 2.20. The Morgan fingerprint density at radius 2 is 2.33 bits per heavy atom. The molecule has 0 radical (unpaired) electrons. The number of carbonyl (C=O) groups is 1. The second-order valence-corrected chi connectivity index (χ2v) is 5.18. The Balaban J connectivity index is 1.96. The van der Waals surface area contributed by atoms with Crippen molar-refractivity contribution >= 4 is 11.6 Å². The van der Waals surface area contributed by atoms with E-state index in [4.69, 9.17) is 10.2 Å². The highest BCUT2D eigenvalue weighted by atomic mass is 16.3. The Morgan fingerprint density at radius 1 is 1.57 bits per heavy atom. The van der Waals surface area contributed by atoms with Crippen molar-refractivity contribution in [1.82, 2.24) is 15.1 Å². The fourth-order valence-corrected chi connectivity index (χ4v) is 2.30. The van der Waals surface area contributed by atoms with Gasteiger partial charge in [0.15, 0.2) is 0 Å². The second kappa shape index (κ2) is 6.47. The summed E-state index contributed by atoms with van der Waals surface area (Å²) in [4.78, 5) is 12.3. The standard InChI is InChI=1S/C15H22N4O2/c1-4-12-13(16)14(19(3)18-12)15(20)17-10(2)7-8-11-6-5-9-21-11/h5-6,9-10H,4,7-8,16H2,1-3H3,(H,17,20). The first-order valence-corrected chi connectivity index (χ1v) is 7.17. The summed E-state index contributed by atoms with van der Waals surface area (Å²) in [7, 11) is 1.73. The van der Waals surface area contributed by atoms with Gasteiger partial charge in [-0.1, -0.05) is 6.92 Å². The summed E-state index contributed by atoms with van der Waals surface area (Å²) in [6.45, 7) is 3.93.